The SMILES string of the molecule is COC(=O)C(C)(SC)c1ccc(CC(C)C)cc1. The molecular weight excluding hydrogens is 244 g/mol. The lowest BCUT2D eigenvalue weighted by atomic mass is 9.96. The molecule has 0 aromatic heterocycles. The van der Waals surface area contributed by atoms with Gasteiger partial charge in [0.1, 0.15) is 4.75 Å². The lowest BCUT2D eigenvalue weighted by Crippen LogP contribution is -2.29. The van der Waals surface area contributed by atoms with Crippen molar-refractivity contribution in [3.05, 3.63) is 35.4 Å². The van der Waals surface area contributed by atoms with Gasteiger partial charge in [-0.15, -0.1) is 11.8 Å². The zero-order chi connectivity index (χ0) is 13.8. The van der Waals surface area contributed by atoms with Crippen LogP contribution in [0.1, 0.15) is 31.9 Å². The third kappa shape index (κ3) is 3.29. The minimum Gasteiger partial charge on any atom is -0.468 e. The quantitative estimate of drug-likeness (QED) is 0.761. The van der Waals surface area contributed by atoms with Crippen molar-refractivity contribution >= 4 is 17.7 Å². The van der Waals surface area contributed by atoms with E-state index in [1.54, 1.807) is 0 Å². The summed E-state index contributed by atoms with van der Waals surface area (Å²) in [5.74, 6) is 0.440. The minimum absolute atomic E-state index is 0.202. The Morgan fingerprint density at radius 2 is 1.89 bits per heavy atom. The first-order valence-electron chi connectivity index (χ1n) is 6.17. The van der Waals surface area contributed by atoms with Crippen molar-refractivity contribution in [3.63, 3.8) is 0 Å². The average Bonchev–Trinajstić information content (AvgIpc) is 2.37. The number of carbonyl (C=O) groups is 1. The Balaban J connectivity index is 2.98. The zero-order valence-electron chi connectivity index (χ0n) is 11.8. The normalized spacial score (nSPS) is 14.3. The standard InChI is InChI=1S/C15H22O2S/c1-11(2)10-12-6-8-13(9-7-12)15(3,18-5)14(16)17-4/h6-9,11H,10H2,1-5H3. The zero-order valence-corrected chi connectivity index (χ0v) is 12.6. The molecule has 0 aliphatic rings. The number of carbonyl (C=O) groups excluding carboxylic acids is 1. The summed E-state index contributed by atoms with van der Waals surface area (Å²) in [6.45, 7) is 6.31. The van der Waals surface area contributed by atoms with Crippen molar-refractivity contribution in [3.8, 4) is 0 Å². The first-order chi connectivity index (χ1) is 8.43. The van der Waals surface area contributed by atoms with Crippen LogP contribution in [0, 0.1) is 5.92 Å². The number of esters is 1. The molecule has 3 heteroatoms. The smallest absolute Gasteiger partial charge is 0.326 e. The van der Waals surface area contributed by atoms with Crippen LogP contribution >= 0.6 is 11.8 Å². The van der Waals surface area contributed by atoms with Gasteiger partial charge in [0.15, 0.2) is 0 Å². The number of hydrogen-bond acceptors (Lipinski definition) is 3. The van der Waals surface area contributed by atoms with Gasteiger partial charge in [-0.25, -0.2) is 0 Å². The van der Waals surface area contributed by atoms with Crippen molar-refractivity contribution in [1.29, 1.82) is 0 Å². The number of thioether (sulfide) groups is 1. The van der Waals surface area contributed by atoms with Crippen LogP contribution in [0.3, 0.4) is 0 Å². The van der Waals surface area contributed by atoms with Crippen molar-refractivity contribution < 1.29 is 9.53 Å². The molecule has 0 amide bonds. The van der Waals surface area contributed by atoms with Crippen LogP contribution in [0.5, 0.6) is 0 Å². The molecule has 0 aliphatic carbocycles. The van der Waals surface area contributed by atoms with Crippen LogP contribution in [0.15, 0.2) is 24.3 Å². The molecule has 0 saturated heterocycles. The van der Waals surface area contributed by atoms with Crippen molar-refractivity contribution in [2.45, 2.75) is 31.9 Å². The fourth-order valence-corrected chi connectivity index (χ4v) is 2.57. The number of benzene rings is 1. The molecule has 1 aromatic rings. The topological polar surface area (TPSA) is 26.3 Å². The molecule has 0 aliphatic heterocycles. The van der Waals surface area contributed by atoms with Crippen LogP contribution in [0.2, 0.25) is 0 Å². The summed E-state index contributed by atoms with van der Waals surface area (Å²) in [6, 6.07) is 8.27. The van der Waals surface area contributed by atoms with Gasteiger partial charge in [-0.1, -0.05) is 38.1 Å². The highest BCUT2D eigenvalue weighted by atomic mass is 32.2. The maximum Gasteiger partial charge on any atom is 0.326 e. The van der Waals surface area contributed by atoms with Gasteiger partial charge in [-0.3, -0.25) is 4.79 Å². The largest absolute Gasteiger partial charge is 0.468 e. The molecule has 100 valence electrons. The summed E-state index contributed by atoms with van der Waals surface area (Å²) >= 11 is 1.50. The van der Waals surface area contributed by atoms with Gasteiger partial charge in [-0.05, 0) is 36.6 Å². The number of methoxy groups -OCH3 is 1. The van der Waals surface area contributed by atoms with Gasteiger partial charge in [-0.2, -0.15) is 0 Å². The Kier molecular flexibility index (Phi) is 5.27. The lowest BCUT2D eigenvalue weighted by molar-refractivity contribution is -0.143. The minimum atomic E-state index is -0.620. The van der Waals surface area contributed by atoms with Crippen LogP contribution in [0.4, 0.5) is 0 Å². The molecule has 1 atom stereocenters. The van der Waals surface area contributed by atoms with E-state index in [0.717, 1.165) is 12.0 Å². The van der Waals surface area contributed by atoms with E-state index in [2.05, 4.69) is 26.0 Å². The predicted octanol–water partition coefficient (Wildman–Crippen LogP) is 3.64. The van der Waals surface area contributed by atoms with E-state index in [-0.39, 0.29) is 5.97 Å². The van der Waals surface area contributed by atoms with Crippen LogP contribution in [0.25, 0.3) is 0 Å². The molecule has 1 rings (SSSR count). The monoisotopic (exact) mass is 266 g/mol. The summed E-state index contributed by atoms with van der Waals surface area (Å²) in [4.78, 5) is 11.9. The summed E-state index contributed by atoms with van der Waals surface area (Å²) in [6.07, 6.45) is 2.99. The molecule has 0 saturated carbocycles. The number of hydrogen-bond donors (Lipinski definition) is 0. The molecule has 0 N–H and O–H groups in total. The molecule has 0 heterocycles. The third-order valence-corrected chi connectivity index (χ3v) is 4.35. The Bertz CT molecular complexity index is 397. The van der Waals surface area contributed by atoms with Gasteiger partial charge >= 0.3 is 5.97 Å². The van der Waals surface area contributed by atoms with Gasteiger partial charge in [0, 0.05) is 0 Å². The Morgan fingerprint density at radius 3 is 2.28 bits per heavy atom. The predicted molar refractivity (Wildman–Crippen MR) is 77.9 cm³/mol. The molecule has 1 unspecified atom stereocenters. The van der Waals surface area contributed by atoms with Crippen LogP contribution in [-0.4, -0.2) is 19.3 Å². The van der Waals surface area contributed by atoms with E-state index in [1.807, 2.05) is 25.3 Å². The summed E-state index contributed by atoms with van der Waals surface area (Å²) in [7, 11) is 1.43. The molecule has 0 spiro atoms. The molecule has 18 heavy (non-hydrogen) atoms. The van der Waals surface area contributed by atoms with E-state index in [9.17, 15) is 4.79 Å². The van der Waals surface area contributed by atoms with E-state index in [0.29, 0.717) is 5.92 Å². The second-order valence-electron chi connectivity index (χ2n) is 5.02. The Labute approximate surface area is 114 Å². The van der Waals surface area contributed by atoms with Gasteiger partial charge < -0.3 is 4.74 Å². The van der Waals surface area contributed by atoms with Crippen molar-refractivity contribution in [1.82, 2.24) is 0 Å². The average molecular weight is 266 g/mol. The summed E-state index contributed by atoms with van der Waals surface area (Å²) in [5.41, 5.74) is 2.30. The molecule has 1 aromatic carbocycles. The van der Waals surface area contributed by atoms with E-state index in [1.165, 1.54) is 24.4 Å². The first-order valence-corrected chi connectivity index (χ1v) is 7.39. The maximum atomic E-state index is 11.9. The lowest BCUT2D eigenvalue weighted by Gasteiger charge is -2.25. The highest BCUT2D eigenvalue weighted by molar-refractivity contribution is 8.00. The second kappa shape index (κ2) is 6.28. The number of rotatable bonds is 5. The molecular formula is C15H22O2S. The van der Waals surface area contributed by atoms with E-state index in [4.69, 9.17) is 4.74 Å². The number of ether oxygens (including phenoxy) is 1. The molecule has 2 nitrogen and oxygen atoms in total. The molecule has 0 fully saturated rings. The second-order valence-corrected chi connectivity index (χ2v) is 6.25. The fourth-order valence-electron chi connectivity index (χ4n) is 1.94. The van der Waals surface area contributed by atoms with Gasteiger partial charge in [0.2, 0.25) is 0 Å². The van der Waals surface area contributed by atoms with Crippen molar-refractivity contribution in [2.75, 3.05) is 13.4 Å². The van der Waals surface area contributed by atoms with Crippen LogP contribution < -0.4 is 0 Å². The summed E-state index contributed by atoms with van der Waals surface area (Å²) in [5, 5.41) is 0. The summed E-state index contributed by atoms with van der Waals surface area (Å²) < 4.78 is 4.28. The van der Waals surface area contributed by atoms with Crippen LogP contribution in [-0.2, 0) is 20.7 Å². The van der Waals surface area contributed by atoms with E-state index >= 15 is 0 Å². The van der Waals surface area contributed by atoms with Gasteiger partial charge in [0.05, 0.1) is 7.11 Å². The highest BCUT2D eigenvalue weighted by Crippen LogP contribution is 2.35. The van der Waals surface area contributed by atoms with Gasteiger partial charge in [0.25, 0.3) is 0 Å². The van der Waals surface area contributed by atoms with Crippen molar-refractivity contribution in [2.24, 2.45) is 5.92 Å². The third-order valence-electron chi connectivity index (χ3n) is 3.13. The molecule has 0 radical (unpaired) electrons. The maximum absolute atomic E-state index is 11.9. The highest BCUT2D eigenvalue weighted by Gasteiger charge is 2.35. The fraction of sp³-hybridized carbons (Fsp3) is 0.533. The Morgan fingerprint density at radius 1 is 1.33 bits per heavy atom. The molecule has 0 bridgehead atoms. The van der Waals surface area contributed by atoms with E-state index < -0.39 is 4.75 Å². The first kappa shape index (κ1) is 15.1. The Hall–Kier alpha value is -0.960.